The van der Waals surface area contributed by atoms with Crippen molar-refractivity contribution in [2.75, 3.05) is 20.8 Å². The summed E-state index contributed by atoms with van der Waals surface area (Å²) < 4.78 is 5.87. The number of rotatable bonds is 10. The molecule has 170 valence electrons. The molecular weight excluding hydrogens is 370 g/mol. The molecule has 2 atom stereocenters. The lowest BCUT2D eigenvalue weighted by Gasteiger charge is -2.18. The number of hydrogen-bond donors (Lipinski definition) is 2. The van der Waals surface area contributed by atoms with Crippen LogP contribution in [0, 0.1) is 11.8 Å². The molecule has 1 fully saturated rings. The zero-order valence-corrected chi connectivity index (χ0v) is 19.7. The number of hydrogen-bond acceptors (Lipinski definition) is 3. The smallest absolute Gasteiger partial charge is 0.119 e. The Labute approximate surface area is 186 Å². The highest BCUT2D eigenvalue weighted by Gasteiger charge is 2.22. The summed E-state index contributed by atoms with van der Waals surface area (Å²) in [6.07, 6.45) is 8.18. The highest BCUT2D eigenvalue weighted by Crippen LogP contribution is 2.30. The average molecular weight is 416 g/mol. The topological polar surface area (TPSA) is 41.5 Å². The SMILES string of the molecule is CCCCC(C)CC.CNC(c1ccccc1)c1cccc(OCC2CC2)c1.CO.[HH]. The van der Waals surface area contributed by atoms with Crippen LogP contribution in [0.25, 0.3) is 0 Å². The van der Waals surface area contributed by atoms with E-state index in [0.29, 0.717) is 0 Å². The van der Waals surface area contributed by atoms with Crippen molar-refractivity contribution in [3.8, 4) is 5.75 Å². The van der Waals surface area contributed by atoms with Crippen molar-refractivity contribution >= 4 is 0 Å². The Balaban J connectivity index is 0.000000702. The Hall–Kier alpha value is -1.84. The van der Waals surface area contributed by atoms with Gasteiger partial charge in [0.1, 0.15) is 5.75 Å². The van der Waals surface area contributed by atoms with E-state index in [1.165, 1.54) is 49.7 Å². The van der Waals surface area contributed by atoms with Gasteiger partial charge in [-0.05, 0) is 55.0 Å². The number of unbranched alkanes of at least 4 members (excludes halogenated alkanes) is 1. The minimum absolute atomic E-state index is 0. The van der Waals surface area contributed by atoms with Gasteiger partial charge in [0, 0.05) is 8.54 Å². The van der Waals surface area contributed by atoms with Gasteiger partial charge in [-0.25, -0.2) is 0 Å². The molecule has 1 saturated carbocycles. The lowest BCUT2D eigenvalue weighted by molar-refractivity contribution is 0.299. The molecule has 0 spiro atoms. The van der Waals surface area contributed by atoms with Crippen LogP contribution in [0.5, 0.6) is 5.75 Å². The maximum absolute atomic E-state index is 7.00. The van der Waals surface area contributed by atoms with E-state index >= 15 is 0 Å². The van der Waals surface area contributed by atoms with Crippen LogP contribution in [0.15, 0.2) is 54.6 Å². The van der Waals surface area contributed by atoms with Crippen molar-refractivity contribution in [2.24, 2.45) is 11.8 Å². The normalized spacial score (nSPS) is 14.5. The van der Waals surface area contributed by atoms with Crippen molar-refractivity contribution in [1.82, 2.24) is 5.32 Å². The molecule has 1 aliphatic rings. The third kappa shape index (κ3) is 10.3. The summed E-state index contributed by atoms with van der Waals surface area (Å²) in [7, 11) is 3.00. The van der Waals surface area contributed by atoms with Crippen LogP contribution >= 0.6 is 0 Å². The summed E-state index contributed by atoms with van der Waals surface area (Å²) in [6.45, 7) is 7.71. The first-order valence-corrected chi connectivity index (χ1v) is 11.6. The zero-order chi connectivity index (χ0) is 22.2. The Kier molecular flexibility index (Phi) is 13.9. The van der Waals surface area contributed by atoms with Crippen molar-refractivity contribution < 1.29 is 11.3 Å². The number of ether oxygens (including phenoxy) is 1. The highest BCUT2D eigenvalue weighted by atomic mass is 16.5. The fraction of sp³-hybridized carbons (Fsp3) is 0.556. The number of nitrogens with one attached hydrogen (secondary N) is 1. The second-order valence-electron chi connectivity index (χ2n) is 8.11. The summed E-state index contributed by atoms with van der Waals surface area (Å²) in [6, 6.07) is 19.1. The fourth-order valence-corrected chi connectivity index (χ4v) is 3.21. The largest absolute Gasteiger partial charge is 0.493 e. The molecule has 3 rings (SSSR count). The van der Waals surface area contributed by atoms with Crippen LogP contribution in [-0.2, 0) is 0 Å². The predicted molar refractivity (Wildman–Crippen MR) is 131 cm³/mol. The van der Waals surface area contributed by atoms with Gasteiger partial charge in [-0.1, -0.05) is 88.9 Å². The minimum atomic E-state index is 0. The van der Waals surface area contributed by atoms with Crippen molar-refractivity contribution in [1.29, 1.82) is 0 Å². The van der Waals surface area contributed by atoms with Crippen LogP contribution in [0.3, 0.4) is 0 Å². The zero-order valence-electron chi connectivity index (χ0n) is 19.7. The summed E-state index contributed by atoms with van der Waals surface area (Å²) in [5.74, 6) is 2.72. The molecule has 0 aromatic heterocycles. The van der Waals surface area contributed by atoms with E-state index in [4.69, 9.17) is 9.84 Å². The molecule has 0 saturated heterocycles. The van der Waals surface area contributed by atoms with Gasteiger partial charge in [0.05, 0.1) is 12.6 Å². The van der Waals surface area contributed by atoms with Gasteiger partial charge in [-0.3, -0.25) is 0 Å². The number of benzene rings is 2. The van der Waals surface area contributed by atoms with Gasteiger partial charge < -0.3 is 15.2 Å². The van der Waals surface area contributed by atoms with Crippen molar-refractivity contribution in [2.45, 2.75) is 65.3 Å². The van der Waals surface area contributed by atoms with E-state index < -0.39 is 0 Å². The summed E-state index contributed by atoms with van der Waals surface area (Å²) >= 11 is 0. The molecule has 0 amide bonds. The fourth-order valence-electron chi connectivity index (χ4n) is 3.21. The Morgan fingerprint density at radius 3 is 2.27 bits per heavy atom. The summed E-state index contributed by atoms with van der Waals surface area (Å²) in [5, 5.41) is 10.4. The second-order valence-corrected chi connectivity index (χ2v) is 8.11. The molecule has 3 nitrogen and oxygen atoms in total. The van der Waals surface area contributed by atoms with Gasteiger partial charge >= 0.3 is 0 Å². The number of aliphatic hydroxyl groups is 1. The van der Waals surface area contributed by atoms with E-state index in [1.807, 2.05) is 19.2 Å². The quantitative estimate of drug-likeness (QED) is 0.445. The van der Waals surface area contributed by atoms with Crippen LogP contribution in [0.2, 0.25) is 0 Å². The van der Waals surface area contributed by atoms with Crippen LogP contribution in [0.4, 0.5) is 0 Å². The summed E-state index contributed by atoms with van der Waals surface area (Å²) in [5.41, 5.74) is 2.52. The molecule has 3 heteroatoms. The molecule has 0 heterocycles. The summed E-state index contributed by atoms with van der Waals surface area (Å²) in [4.78, 5) is 0. The van der Waals surface area contributed by atoms with Crippen LogP contribution < -0.4 is 10.1 Å². The van der Waals surface area contributed by atoms with E-state index in [0.717, 1.165) is 31.3 Å². The maximum Gasteiger partial charge on any atom is 0.119 e. The Morgan fingerprint density at radius 1 is 1.03 bits per heavy atom. The number of aliphatic hydroxyl groups excluding tert-OH is 1. The first-order chi connectivity index (χ1) is 14.7. The molecule has 0 bridgehead atoms. The minimum Gasteiger partial charge on any atom is -0.493 e. The molecule has 2 aromatic rings. The third-order valence-corrected chi connectivity index (χ3v) is 5.54. The van der Waals surface area contributed by atoms with Gasteiger partial charge in [-0.15, -0.1) is 0 Å². The first-order valence-electron chi connectivity index (χ1n) is 11.6. The lowest BCUT2D eigenvalue weighted by atomic mass is 9.99. The molecule has 30 heavy (non-hydrogen) atoms. The molecule has 0 radical (unpaired) electrons. The molecule has 2 unspecified atom stereocenters. The average Bonchev–Trinajstić information content (AvgIpc) is 3.64. The third-order valence-electron chi connectivity index (χ3n) is 5.54. The molecule has 2 N–H and O–H groups in total. The monoisotopic (exact) mass is 415 g/mol. The van der Waals surface area contributed by atoms with Gasteiger partial charge in [-0.2, -0.15) is 0 Å². The molecule has 2 aromatic carbocycles. The lowest BCUT2D eigenvalue weighted by Crippen LogP contribution is -2.17. The van der Waals surface area contributed by atoms with Crippen molar-refractivity contribution in [3.63, 3.8) is 0 Å². The highest BCUT2D eigenvalue weighted by molar-refractivity contribution is 5.36. The molecule has 0 aliphatic heterocycles. The Bertz CT molecular complexity index is 661. The Morgan fingerprint density at radius 2 is 1.70 bits per heavy atom. The van der Waals surface area contributed by atoms with Gasteiger partial charge in [0.2, 0.25) is 0 Å². The van der Waals surface area contributed by atoms with Gasteiger partial charge in [0.25, 0.3) is 0 Å². The maximum atomic E-state index is 7.00. The van der Waals surface area contributed by atoms with Gasteiger partial charge in [0.15, 0.2) is 0 Å². The van der Waals surface area contributed by atoms with E-state index in [2.05, 4.69) is 68.6 Å². The molecular formula is C27H45NO2. The van der Waals surface area contributed by atoms with E-state index in [1.54, 1.807) is 0 Å². The van der Waals surface area contributed by atoms with E-state index in [9.17, 15) is 0 Å². The van der Waals surface area contributed by atoms with Crippen LogP contribution in [0.1, 0.15) is 77.9 Å². The van der Waals surface area contributed by atoms with E-state index in [-0.39, 0.29) is 7.47 Å². The predicted octanol–water partition coefficient (Wildman–Crippen LogP) is 6.86. The van der Waals surface area contributed by atoms with Crippen molar-refractivity contribution in [3.05, 3.63) is 65.7 Å². The second kappa shape index (κ2) is 15.9. The van der Waals surface area contributed by atoms with Crippen LogP contribution in [-0.4, -0.2) is 25.9 Å². The molecule has 1 aliphatic carbocycles. The standard InChI is InChI=1S/C18H21NO.C8H18.CH4O.H2/c1-19-18(15-6-3-2-4-7-15)16-8-5-9-17(12-16)20-13-14-10-11-14;1-4-6-7-8(3)5-2;1-2;/h2-9,12,14,18-19H,10-11,13H2,1H3;8H,4-7H2,1-3H3;2H,1H3;1H. The first kappa shape index (κ1) is 26.2.